The minimum atomic E-state index is -0.876. The summed E-state index contributed by atoms with van der Waals surface area (Å²) in [7, 11) is 0. The summed E-state index contributed by atoms with van der Waals surface area (Å²) in [5.41, 5.74) is -0.0499. The van der Waals surface area contributed by atoms with Gasteiger partial charge in [0.05, 0.1) is 0 Å². The molecule has 1 aliphatic heterocycles. The van der Waals surface area contributed by atoms with Crippen LogP contribution in [0.4, 0.5) is 0 Å². The number of ether oxygens (including phenoxy) is 2. The zero-order valence-corrected chi connectivity index (χ0v) is 12.8. The highest BCUT2D eigenvalue weighted by molar-refractivity contribution is 5.79. The van der Waals surface area contributed by atoms with Gasteiger partial charge >= 0.3 is 5.97 Å². The summed E-state index contributed by atoms with van der Waals surface area (Å²) >= 11 is 0. The lowest BCUT2D eigenvalue weighted by Gasteiger charge is -2.23. The molecule has 1 unspecified atom stereocenters. The SMILES string of the molecule is CC(C)(/C=C/C(=O)O)CCCCCOC1CCCCO1. The molecular weight excluding hydrogens is 256 g/mol. The molecule has 0 aliphatic carbocycles. The normalized spacial score (nSPS) is 20.4. The van der Waals surface area contributed by atoms with Gasteiger partial charge in [-0.1, -0.05) is 32.8 Å². The number of hydrogen-bond acceptors (Lipinski definition) is 3. The van der Waals surface area contributed by atoms with Crippen LogP contribution >= 0.6 is 0 Å². The fourth-order valence-electron chi connectivity index (χ4n) is 2.30. The average molecular weight is 284 g/mol. The number of carboxylic acid groups (broad SMARTS) is 1. The fraction of sp³-hybridized carbons (Fsp3) is 0.812. The minimum Gasteiger partial charge on any atom is -0.478 e. The molecule has 0 saturated carbocycles. The van der Waals surface area contributed by atoms with Crippen LogP contribution < -0.4 is 0 Å². The molecule has 1 rings (SSSR count). The van der Waals surface area contributed by atoms with E-state index in [-0.39, 0.29) is 11.7 Å². The maximum absolute atomic E-state index is 10.5. The van der Waals surface area contributed by atoms with Gasteiger partial charge in [-0.05, 0) is 37.5 Å². The molecule has 4 heteroatoms. The van der Waals surface area contributed by atoms with Crippen molar-refractivity contribution < 1.29 is 19.4 Å². The molecule has 1 atom stereocenters. The zero-order valence-electron chi connectivity index (χ0n) is 12.8. The predicted molar refractivity (Wildman–Crippen MR) is 78.6 cm³/mol. The van der Waals surface area contributed by atoms with E-state index >= 15 is 0 Å². The largest absolute Gasteiger partial charge is 0.478 e. The Bertz CT molecular complexity index is 304. The number of rotatable bonds is 9. The molecule has 0 aromatic heterocycles. The Hall–Kier alpha value is -0.870. The van der Waals surface area contributed by atoms with Crippen LogP contribution in [0.2, 0.25) is 0 Å². The lowest BCUT2D eigenvalue weighted by Crippen LogP contribution is -2.22. The molecule has 0 bridgehead atoms. The number of hydrogen-bond donors (Lipinski definition) is 1. The van der Waals surface area contributed by atoms with E-state index in [1.54, 1.807) is 6.08 Å². The van der Waals surface area contributed by atoms with E-state index in [9.17, 15) is 4.79 Å². The summed E-state index contributed by atoms with van der Waals surface area (Å²) in [6.07, 6.45) is 10.6. The Morgan fingerprint density at radius 3 is 2.80 bits per heavy atom. The number of unbranched alkanes of at least 4 members (excludes halogenated alkanes) is 2. The van der Waals surface area contributed by atoms with Crippen LogP contribution in [0.3, 0.4) is 0 Å². The molecule has 0 aromatic rings. The monoisotopic (exact) mass is 284 g/mol. The third-order valence-electron chi connectivity index (χ3n) is 3.58. The number of allylic oxidation sites excluding steroid dienone is 1. The van der Waals surface area contributed by atoms with Gasteiger partial charge in [0, 0.05) is 19.3 Å². The highest BCUT2D eigenvalue weighted by Crippen LogP contribution is 2.25. The van der Waals surface area contributed by atoms with Gasteiger partial charge in [-0.25, -0.2) is 4.79 Å². The summed E-state index contributed by atoms with van der Waals surface area (Å²) in [6.45, 7) is 5.72. The van der Waals surface area contributed by atoms with Crippen LogP contribution in [-0.4, -0.2) is 30.6 Å². The number of carbonyl (C=O) groups is 1. The maximum Gasteiger partial charge on any atom is 0.327 e. The second-order valence-corrected chi connectivity index (χ2v) is 6.14. The van der Waals surface area contributed by atoms with Gasteiger partial charge in [0.1, 0.15) is 0 Å². The predicted octanol–water partition coefficient (Wildman–Crippen LogP) is 3.76. The molecule has 1 heterocycles. The first-order valence-electron chi connectivity index (χ1n) is 7.65. The molecule has 1 N–H and O–H groups in total. The Morgan fingerprint density at radius 1 is 1.35 bits per heavy atom. The molecule has 4 nitrogen and oxygen atoms in total. The van der Waals surface area contributed by atoms with E-state index in [1.807, 2.05) is 0 Å². The van der Waals surface area contributed by atoms with Gasteiger partial charge in [-0.2, -0.15) is 0 Å². The number of aliphatic carboxylic acids is 1. The van der Waals surface area contributed by atoms with Crippen molar-refractivity contribution in [2.75, 3.05) is 13.2 Å². The van der Waals surface area contributed by atoms with Crippen LogP contribution in [0.25, 0.3) is 0 Å². The molecule has 1 fully saturated rings. The Kier molecular flexibility index (Phi) is 7.85. The highest BCUT2D eigenvalue weighted by atomic mass is 16.7. The third kappa shape index (κ3) is 8.33. The number of carboxylic acids is 1. The Morgan fingerprint density at radius 2 is 2.15 bits per heavy atom. The molecule has 0 aromatic carbocycles. The lowest BCUT2D eigenvalue weighted by molar-refractivity contribution is -0.162. The van der Waals surface area contributed by atoms with E-state index in [0.717, 1.165) is 51.7 Å². The molecule has 1 aliphatic rings. The van der Waals surface area contributed by atoms with Crippen molar-refractivity contribution in [3.63, 3.8) is 0 Å². The van der Waals surface area contributed by atoms with Crippen molar-refractivity contribution >= 4 is 5.97 Å². The standard InChI is InChI=1S/C16H28O4/c1-16(2,11-9-14(17)18)10-5-3-6-12-19-15-8-4-7-13-20-15/h9,11,15H,3-8,10,12-13H2,1-2H3,(H,17,18)/b11-9+. The summed E-state index contributed by atoms with van der Waals surface area (Å²) in [4.78, 5) is 10.5. The van der Waals surface area contributed by atoms with Gasteiger partial charge < -0.3 is 14.6 Å². The third-order valence-corrected chi connectivity index (χ3v) is 3.58. The molecular formula is C16H28O4. The first-order valence-corrected chi connectivity index (χ1v) is 7.65. The van der Waals surface area contributed by atoms with E-state index in [2.05, 4.69) is 13.8 Å². The summed E-state index contributed by atoms with van der Waals surface area (Å²) < 4.78 is 11.2. The molecule has 0 radical (unpaired) electrons. The Balaban J connectivity index is 2.02. The first kappa shape index (κ1) is 17.2. The minimum absolute atomic E-state index is 0.0127. The molecule has 0 spiro atoms. The molecule has 116 valence electrons. The van der Waals surface area contributed by atoms with Gasteiger partial charge in [-0.15, -0.1) is 0 Å². The van der Waals surface area contributed by atoms with Gasteiger partial charge in [-0.3, -0.25) is 0 Å². The average Bonchev–Trinajstić information content (AvgIpc) is 2.42. The van der Waals surface area contributed by atoms with Crippen LogP contribution in [0.15, 0.2) is 12.2 Å². The van der Waals surface area contributed by atoms with Crippen LogP contribution in [0, 0.1) is 5.41 Å². The van der Waals surface area contributed by atoms with Crippen molar-refractivity contribution in [3.8, 4) is 0 Å². The zero-order chi connectivity index (χ0) is 14.8. The van der Waals surface area contributed by atoms with Crippen molar-refractivity contribution in [1.82, 2.24) is 0 Å². The van der Waals surface area contributed by atoms with Crippen molar-refractivity contribution in [2.24, 2.45) is 5.41 Å². The first-order chi connectivity index (χ1) is 9.49. The van der Waals surface area contributed by atoms with Crippen LogP contribution in [0.5, 0.6) is 0 Å². The second kappa shape index (κ2) is 9.14. The summed E-state index contributed by atoms with van der Waals surface area (Å²) in [6, 6.07) is 0. The van der Waals surface area contributed by atoms with E-state index in [1.165, 1.54) is 12.5 Å². The van der Waals surface area contributed by atoms with Gasteiger partial charge in [0.2, 0.25) is 0 Å². The summed E-state index contributed by atoms with van der Waals surface area (Å²) in [5, 5.41) is 8.63. The van der Waals surface area contributed by atoms with E-state index in [4.69, 9.17) is 14.6 Å². The highest BCUT2D eigenvalue weighted by Gasteiger charge is 2.15. The van der Waals surface area contributed by atoms with Crippen LogP contribution in [0.1, 0.15) is 58.8 Å². The molecule has 1 saturated heterocycles. The van der Waals surface area contributed by atoms with Crippen LogP contribution in [-0.2, 0) is 14.3 Å². The maximum atomic E-state index is 10.5. The lowest BCUT2D eigenvalue weighted by atomic mass is 9.86. The quantitative estimate of drug-likeness (QED) is 0.517. The van der Waals surface area contributed by atoms with Gasteiger partial charge in [0.15, 0.2) is 6.29 Å². The van der Waals surface area contributed by atoms with Crippen molar-refractivity contribution in [2.45, 2.75) is 65.1 Å². The van der Waals surface area contributed by atoms with Crippen molar-refractivity contribution in [3.05, 3.63) is 12.2 Å². The molecule has 0 amide bonds. The molecule has 20 heavy (non-hydrogen) atoms. The fourth-order valence-corrected chi connectivity index (χ4v) is 2.30. The van der Waals surface area contributed by atoms with E-state index in [0.29, 0.717) is 0 Å². The van der Waals surface area contributed by atoms with E-state index < -0.39 is 5.97 Å². The summed E-state index contributed by atoms with van der Waals surface area (Å²) in [5.74, 6) is -0.876. The van der Waals surface area contributed by atoms with Gasteiger partial charge in [0.25, 0.3) is 0 Å². The van der Waals surface area contributed by atoms with Crippen molar-refractivity contribution in [1.29, 1.82) is 0 Å². The smallest absolute Gasteiger partial charge is 0.327 e. The topological polar surface area (TPSA) is 55.8 Å². The second-order valence-electron chi connectivity index (χ2n) is 6.14. The Labute approximate surface area is 122 Å².